The molecule has 30 heavy (non-hydrogen) atoms. The third-order valence-electron chi connectivity index (χ3n) is 5.85. The normalized spacial score (nSPS) is 16.4. The van der Waals surface area contributed by atoms with Crippen LogP contribution in [-0.4, -0.2) is 41.4 Å². The van der Waals surface area contributed by atoms with Crippen LogP contribution >= 0.6 is 11.6 Å². The van der Waals surface area contributed by atoms with E-state index in [1.807, 2.05) is 24.3 Å². The molecule has 0 bridgehead atoms. The predicted molar refractivity (Wildman–Crippen MR) is 117 cm³/mol. The molecule has 0 radical (unpaired) electrons. The minimum Gasteiger partial charge on any atom is -0.478 e. The van der Waals surface area contributed by atoms with Crippen molar-refractivity contribution in [2.75, 3.05) is 25.0 Å². The lowest BCUT2D eigenvalue weighted by Crippen LogP contribution is -2.49. The molecule has 1 aliphatic heterocycles. The van der Waals surface area contributed by atoms with Gasteiger partial charge >= 0.3 is 5.97 Å². The summed E-state index contributed by atoms with van der Waals surface area (Å²) in [5.74, 6) is -1.05. The second-order valence-corrected chi connectivity index (χ2v) is 8.19. The highest BCUT2D eigenvalue weighted by Crippen LogP contribution is 2.32. The zero-order chi connectivity index (χ0) is 21.6. The van der Waals surface area contributed by atoms with E-state index in [0.29, 0.717) is 24.9 Å². The van der Waals surface area contributed by atoms with Crippen molar-refractivity contribution in [2.45, 2.75) is 31.3 Å². The SMILES string of the molecule is N#Cc1ccc(CCC(CNc2ccc(C(=O)O)c(Cl)c2)C2(O)CCNCC2)cc1. The van der Waals surface area contributed by atoms with E-state index in [1.165, 1.54) is 6.07 Å². The number of aryl methyl sites for hydroxylation is 1. The molecule has 2 aromatic carbocycles. The van der Waals surface area contributed by atoms with Crippen molar-refractivity contribution in [3.05, 3.63) is 64.2 Å². The summed E-state index contributed by atoms with van der Waals surface area (Å²) in [7, 11) is 0. The molecule has 7 heteroatoms. The van der Waals surface area contributed by atoms with Crippen molar-refractivity contribution in [1.29, 1.82) is 5.26 Å². The number of nitriles is 1. The Kier molecular flexibility index (Phi) is 7.33. The monoisotopic (exact) mass is 427 g/mol. The molecule has 1 unspecified atom stereocenters. The Morgan fingerprint density at radius 3 is 2.53 bits per heavy atom. The van der Waals surface area contributed by atoms with Gasteiger partial charge in [-0.15, -0.1) is 0 Å². The number of nitrogens with one attached hydrogen (secondary N) is 2. The molecule has 1 heterocycles. The summed E-state index contributed by atoms with van der Waals surface area (Å²) in [6.07, 6.45) is 2.96. The third-order valence-corrected chi connectivity index (χ3v) is 6.16. The average Bonchev–Trinajstić information content (AvgIpc) is 2.74. The Labute approximate surface area is 181 Å². The fourth-order valence-corrected chi connectivity index (χ4v) is 4.22. The molecule has 1 atom stereocenters. The number of nitrogens with zero attached hydrogens (tertiary/aromatic N) is 1. The van der Waals surface area contributed by atoms with Crippen molar-refractivity contribution in [2.24, 2.45) is 5.92 Å². The quantitative estimate of drug-likeness (QED) is 0.512. The molecule has 158 valence electrons. The average molecular weight is 428 g/mol. The molecule has 2 aromatic rings. The largest absolute Gasteiger partial charge is 0.478 e. The highest BCUT2D eigenvalue weighted by molar-refractivity contribution is 6.33. The first kappa shape index (κ1) is 22.1. The van der Waals surface area contributed by atoms with Gasteiger partial charge in [0.05, 0.1) is 27.8 Å². The molecule has 1 aliphatic rings. The number of hydrogen-bond donors (Lipinski definition) is 4. The fraction of sp³-hybridized carbons (Fsp3) is 0.391. The molecule has 0 amide bonds. The lowest BCUT2D eigenvalue weighted by Gasteiger charge is -2.40. The summed E-state index contributed by atoms with van der Waals surface area (Å²) in [5.41, 5.74) is 1.79. The van der Waals surface area contributed by atoms with Gasteiger partial charge in [0.2, 0.25) is 0 Å². The molecule has 0 spiro atoms. The maximum absolute atomic E-state index is 11.3. The molecule has 0 aromatic heterocycles. The van der Waals surface area contributed by atoms with E-state index in [1.54, 1.807) is 12.1 Å². The van der Waals surface area contributed by atoms with Gasteiger partial charge in [-0.2, -0.15) is 5.26 Å². The van der Waals surface area contributed by atoms with Gasteiger partial charge in [-0.25, -0.2) is 4.79 Å². The summed E-state index contributed by atoms with van der Waals surface area (Å²) in [5, 5.41) is 36.2. The van der Waals surface area contributed by atoms with Crippen LogP contribution in [0.2, 0.25) is 5.02 Å². The van der Waals surface area contributed by atoms with Crippen molar-refractivity contribution < 1.29 is 15.0 Å². The Morgan fingerprint density at radius 2 is 1.93 bits per heavy atom. The Hall–Kier alpha value is -2.59. The molecule has 0 saturated carbocycles. The summed E-state index contributed by atoms with van der Waals surface area (Å²) < 4.78 is 0. The van der Waals surface area contributed by atoms with Crippen molar-refractivity contribution in [3.63, 3.8) is 0 Å². The van der Waals surface area contributed by atoms with E-state index in [-0.39, 0.29) is 16.5 Å². The standard InChI is InChI=1S/C23H26ClN3O3/c24-21-13-19(7-8-20(21)22(28)29)27-15-18(23(30)9-11-26-12-10-23)6-5-16-1-3-17(14-25)4-2-16/h1-4,7-8,13,18,26-27,30H,5-6,9-12,15H2,(H,28,29). The molecule has 6 nitrogen and oxygen atoms in total. The van der Waals surface area contributed by atoms with Crippen LogP contribution in [0.4, 0.5) is 5.69 Å². The molecule has 1 fully saturated rings. The van der Waals surface area contributed by atoms with Gasteiger partial charge in [0, 0.05) is 18.2 Å². The first-order valence-corrected chi connectivity index (χ1v) is 10.5. The number of piperidine rings is 1. The van der Waals surface area contributed by atoms with Crippen molar-refractivity contribution in [3.8, 4) is 6.07 Å². The Balaban J connectivity index is 1.70. The number of carboxylic acids is 1. The van der Waals surface area contributed by atoms with Crippen LogP contribution in [0.1, 0.15) is 40.7 Å². The van der Waals surface area contributed by atoms with Crippen molar-refractivity contribution in [1.82, 2.24) is 5.32 Å². The lowest BCUT2D eigenvalue weighted by atomic mass is 9.77. The highest BCUT2D eigenvalue weighted by Gasteiger charge is 2.37. The number of anilines is 1. The number of benzene rings is 2. The van der Waals surface area contributed by atoms with Gasteiger partial charge in [-0.1, -0.05) is 23.7 Å². The third kappa shape index (κ3) is 5.51. The Bertz CT molecular complexity index is 918. The van der Waals surface area contributed by atoms with E-state index < -0.39 is 11.6 Å². The molecule has 4 N–H and O–H groups in total. The van der Waals surface area contributed by atoms with Gasteiger partial charge < -0.3 is 20.8 Å². The fourth-order valence-electron chi connectivity index (χ4n) is 3.96. The van der Waals surface area contributed by atoms with Gasteiger partial charge in [-0.05, 0) is 74.7 Å². The van der Waals surface area contributed by atoms with E-state index in [2.05, 4.69) is 16.7 Å². The minimum atomic E-state index is -1.06. The summed E-state index contributed by atoms with van der Waals surface area (Å²) >= 11 is 6.08. The van der Waals surface area contributed by atoms with Crippen LogP contribution in [0, 0.1) is 17.2 Å². The van der Waals surface area contributed by atoms with Gasteiger partial charge in [0.1, 0.15) is 0 Å². The lowest BCUT2D eigenvalue weighted by molar-refractivity contribution is -0.0418. The number of hydrogen-bond acceptors (Lipinski definition) is 5. The first-order chi connectivity index (χ1) is 14.4. The number of carboxylic acid groups (broad SMARTS) is 1. The number of aliphatic hydroxyl groups is 1. The van der Waals surface area contributed by atoms with Crippen LogP contribution in [0.25, 0.3) is 0 Å². The van der Waals surface area contributed by atoms with Crippen molar-refractivity contribution >= 4 is 23.3 Å². The summed E-state index contributed by atoms with van der Waals surface area (Å²) in [6.45, 7) is 2.11. The van der Waals surface area contributed by atoms with Crippen LogP contribution in [0.3, 0.4) is 0 Å². The van der Waals surface area contributed by atoms with Crippen LogP contribution in [-0.2, 0) is 6.42 Å². The first-order valence-electron chi connectivity index (χ1n) is 10.1. The molecule has 1 saturated heterocycles. The van der Waals surface area contributed by atoms with Gasteiger partial charge in [0.25, 0.3) is 0 Å². The number of aromatic carboxylic acids is 1. The summed E-state index contributed by atoms with van der Waals surface area (Å²) in [6, 6.07) is 14.5. The topological polar surface area (TPSA) is 105 Å². The highest BCUT2D eigenvalue weighted by atomic mass is 35.5. The maximum atomic E-state index is 11.3. The maximum Gasteiger partial charge on any atom is 0.337 e. The number of halogens is 1. The van der Waals surface area contributed by atoms with E-state index >= 15 is 0 Å². The zero-order valence-electron chi connectivity index (χ0n) is 16.7. The Morgan fingerprint density at radius 1 is 1.23 bits per heavy atom. The van der Waals surface area contributed by atoms with Crippen LogP contribution in [0.15, 0.2) is 42.5 Å². The number of rotatable bonds is 8. The van der Waals surface area contributed by atoms with E-state index in [9.17, 15) is 9.90 Å². The van der Waals surface area contributed by atoms with E-state index in [0.717, 1.165) is 37.2 Å². The van der Waals surface area contributed by atoms with Crippen LogP contribution < -0.4 is 10.6 Å². The molecule has 3 rings (SSSR count). The zero-order valence-corrected chi connectivity index (χ0v) is 17.5. The smallest absolute Gasteiger partial charge is 0.337 e. The second-order valence-electron chi connectivity index (χ2n) is 7.78. The number of carbonyl (C=O) groups is 1. The molecule has 0 aliphatic carbocycles. The van der Waals surface area contributed by atoms with Gasteiger partial charge in [0.15, 0.2) is 0 Å². The van der Waals surface area contributed by atoms with Crippen LogP contribution in [0.5, 0.6) is 0 Å². The molecular weight excluding hydrogens is 402 g/mol. The predicted octanol–water partition coefficient (Wildman–Crippen LogP) is 3.69. The minimum absolute atomic E-state index is 0.00756. The second kappa shape index (κ2) is 9.94. The summed E-state index contributed by atoms with van der Waals surface area (Å²) in [4.78, 5) is 11.1. The van der Waals surface area contributed by atoms with Gasteiger partial charge in [-0.3, -0.25) is 0 Å². The van der Waals surface area contributed by atoms with E-state index in [4.69, 9.17) is 22.0 Å². The molecular formula is C23H26ClN3O3.